The number of nitrogens with one attached hydrogen (secondary N) is 2. The Balaban J connectivity index is 1.50. The van der Waals surface area contributed by atoms with Crippen molar-refractivity contribution in [3.05, 3.63) is 65.7 Å². The van der Waals surface area contributed by atoms with Gasteiger partial charge >= 0.3 is 6.18 Å². The molecule has 2 fully saturated rings. The van der Waals surface area contributed by atoms with Gasteiger partial charge in [0.2, 0.25) is 5.89 Å². The quantitative estimate of drug-likeness (QED) is 0.521. The van der Waals surface area contributed by atoms with Crippen LogP contribution in [0.1, 0.15) is 36.6 Å². The summed E-state index contributed by atoms with van der Waals surface area (Å²) in [6, 6.07) is 11.1. The molecule has 0 bridgehead atoms. The maximum atomic E-state index is 14.3. The molecule has 2 N–H and O–H groups in total. The molecule has 3 aromatic rings. The number of piperidine rings is 1. The van der Waals surface area contributed by atoms with Gasteiger partial charge in [-0.1, -0.05) is 36.4 Å². The summed E-state index contributed by atoms with van der Waals surface area (Å²) in [4.78, 5) is 33.9. The van der Waals surface area contributed by atoms with E-state index in [9.17, 15) is 22.8 Å². The van der Waals surface area contributed by atoms with E-state index in [4.69, 9.17) is 9.15 Å². The summed E-state index contributed by atoms with van der Waals surface area (Å²) < 4.78 is 54.1. The lowest BCUT2D eigenvalue weighted by Gasteiger charge is -2.37. The highest BCUT2D eigenvalue weighted by molar-refractivity contribution is 6.25. The van der Waals surface area contributed by atoms with E-state index < -0.39 is 36.1 Å². The Morgan fingerprint density at radius 1 is 1.08 bits per heavy atom. The average Bonchev–Trinajstić information content (AvgIpc) is 3.55. The number of amides is 2. The largest absolute Gasteiger partial charge is 0.494 e. The number of ether oxygens (including phenoxy) is 1. The van der Waals surface area contributed by atoms with Crippen molar-refractivity contribution >= 4 is 28.5 Å². The van der Waals surface area contributed by atoms with E-state index in [1.165, 1.54) is 7.11 Å². The molecule has 3 aliphatic heterocycles. The average molecular weight is 542 g/mol. The van der Waals surface area contributed by atoms with E-state index in [1.54, 1.807) is 53.4 Å². The van der Waals surface area contributed by atoms with Gasteiger partial charge in [0.05, 0.1) is 13.0 Å². The second-order valence-corrected chi connectivity index (χ2v) is 9.78. The second kappa shape index (κ2) is 9.60. The standard InChI is InChI=1S/C27H26F3N5O4/c1-38-16-11-8-12-17-20(16)32-24(39-17)19-21(26(37)34-13-6-3-7-14-34)31-23-18(15-9-4-2-5-10-15)22(27(28,29)30)33-35(23)25(19)36/h2,4-5,8-12,18,22-23,31,33H,3,6-7,13-14H2,1H3. The van der Waals surface area contributed by atoms with Gasteiger partial charge in [0.15, 0.2) is 11.1 Å². The summed E-state index contributed by atoms with van der Waals surface area (Å²) in [6.07, 6.45) is -3.30. The molecule has 12 heteroatoms. The summed E-state index contributed by atoms with van der Waals surface area (Å²) in [5.41, 5.74) is 3.02. The number of nitrogens with zero attached hydrogens (tertiary/aromatic N) is 3. The monoisotopic (exact) mass is 541 g/mol. The van der Waals surface area contributed by atoms with E-state index >= 15 is 0 Å². The number of benzene rings is 2. The lowest BCUT2D eigenvalue weighted by molar-refractivity contribution is -0.161. The third-order valence-corrected chi connectivity index (χ3v) is 7.44. The molecule has 9 nitrogen and oxygen atoms in total. The Morgan fingerprint density at radius 3 is 2.51 bits per heavy atom. The molecule has 2 amide bonds. The van der Waals surface area contributed by atoms with Crippen molar-refractivity contribution in [2.24, 2.45) is 0 Å². The van der Waals surface area contributed by atoms with Crippen molar-refractivity contribution in [1.82, 2.24) is 25.6 Å². The Morgan fingerprint density at radius 2 is 1.82 bits per heavy atom. The third kappa shape index (κ3) is 4.28. The lowest BCUT2D eigenvalue weighted by Crippen LogP contribution is -2.57. The van der Waals surface area contributed by atoms with Gasteiger partial charge in [-0.2, -0.15) is 13.2 Å². The van der Waals surface area contributed by atoms with Gasteiger partial charge in [0, 0.05) is 13.1 Å². The van der Waals surface area contributed by atoms with Crippen molar-refractivity contribution in [2.45, 2.75) is 43.6 Å². The first-order chi connectivity index (χ1) is 18.8. The summed E-state index contributed by atoms with van der Waals surface area (Å²) in [5.74, 6) is -2.32. The van der Waals surface area contributed by atoms with Crippen molar-refractivity contribution in [3.63, 3.8) is 0 Å². The highest BCUT2D eigenvalue weighted by Crippen LogP contribution is 2.43. The topological polar surface area (TPSA) is 99.9 Å². The molecule has 0 spiro atoms. The minimum Gasteiger partial charge on any atom is -0.494 e. The molecule has 39 heavy (non-hydrogen) atoms. The molecular formula is C27H26F3N5O4. The van der Waals surface area contributed by atoms with Crippen LogP contribution in [0.5, 0.6) is 5.75 Å². The van der Waals surface area contributed by atoms with Crippen molar-refractivity contribution in [1.29, 1.82) is 0 Å². The van der Waals surface area contributed by atoms with Crippen molar-refractivity contribution < 1.29 is 31.9 Å². The SMILES string of the molecule is COc1cccc2oc(C3=C(C(=O)N4CCCCC4)NC4C(c5ccccc5)C(C(F)(F)F)NN4C3=O)nc12. The van der Waals surface area contributed by atoms with Crippen LogP contribution in [-0.2, 0) is 9.59 Å². The third-order valence-electron chi connectivity index (χ3n) is 7.44. The Hall–Kier alpha value is -4.06. The van der Waals surface area contributed by atoms with E-state index in [0.29, 0.717) is 35.5 Å². The molecule has 0 saturated carbocycles. The molecule has 204 valence electrons. The van der Waals surface area contributed by atoms with Gasteiger partial charge in [-0.05, 0) is 37.0 Å². The predicted molar refractivity (Wildman–Crippen MR) is 134 cm³/mol. The maximum absolute atomic E-state index is 14.3. The zero-order valence-electron chi connectivity index (χ0n) is 21.0. The van der Waals surface area contributed by atoms with Crippen LogP contribution in [0.2, 0.25) is 0 Å². The normalized spacial score (nSPS) is 23.7. The van der Waals surface area contributed by atoms with Crippen LogP contribution in [0.4, 0.5) is 13.2 Å². The summed E-state index contributed by atoms with van der Waals surface area (Å²) in [6.45, 7) is 0.958. The molecular weight excluding hydrogens is 515 g/mol. The summed E-state index contributed by atoms with van der Waals surface area (Å²) >= 11 is 0. The molecule has 3 aliphatic rings. The minimum atomic E-state index is -4.68. The number of halogens is 3. The molecule has 3 unspecified atom stereocenters. The Labute approximate surface area is 221 Å². The van der Waals surface area contributed by atoms with E-state index in [2.05, 4.69) is 15.7 Å². The second-order valence-electron chi connectivity index (χ2n) is 9.78. The molecule has 0 radical (unpaired) electrons. The fourth-order valence-electron chi connectivity index (χ4n) is 5.58. The smallest absolute Gasteiger partial charge is 0.406 e. The zero-order chi connectivity index (χ0) is 27.3. The first-order valence-electron chi connectivity index (χ1n) is 12.7. The van der Waals surface area contributed by atoms with Crippen LogP contribution >= 0.6 is 0 Å². The Bertz CT molecular complexity index is 1450. The number of alkyl halides is 3. The molecule has 0 aliphatic carbocycles. The van der Waals surface area contributed by atoms with Gasteiger partial charge in [0.1, 0.15) is 29.2 Å². The van der Waals surface area contributed by atoms with Crippen LogP contribution in [0, 0.1) is 0 Å². The summed E-state index contributed by atoms with van der Waals surface area (Å²) in [7, 11) is 1.46. The molecule has 2 aromatic carbocycles. The highest BCUT2D eigenvalue weighted by atomic mass is 19.4. The van der Waals surface area contributed by atoms with E-state index in [0.717, 1.165) is 24.3 Å². The molecule has 1 aromatic heterocycles. The number of fused-ring (bicyclic) bond motifs is 2. The molecule has 3 atom stereocenters. The molecule has 4 heterocycles. The van der Waals surface area contributed by atoms with Crippen LogP contribution < -0.4 is 15.5 Å². The number of hydrazine groups is 1. The summed E-state index contributed by atoms with van der Waals surface area (Å²) in [5, 5.41) is 3.92. The van der Waals surface area contributed by atoms with Crippen molar-refractivity contribution in [2.75, 3.05) is 20.2 Å². The fraction of sp³-hybridized carbons (Fsp3) is 0.370. The predicted octanol–water partition coefficient (Wildman–Crippen LogP) is 3.55. The van der Waals surface area contributed by atoms with Crippen LogP contribution in [-0.4, -0.2) is 65.3 Å². The number of hydrogen-bond acceptors (Lipinski definition) is 7. The zero-order valence-corrected chi connectivity index (χ0v) is 21.0. The number of methoxy groups -OCH3 is 1. The van der Waals surface area contributed by atoms with Gasteiger partial charge in [-0.25, -0.2) is 15.4 Å². The number of carbonyl (C=O) groups is 2. The van der Waals surface area contributed by atoms with E-state index in [-0.39, 0.29) is 17.2 Å². The first-order valence-corrected chi connectivity index (χ1v) is 12.7. The maximum Gasteiger partial charge on any atom is 0.406 e. The van der Waals surface area contributed by atoms with Crippen molar-refractivity contribution in [3.8, 4) is 5.75 Å². The van der Waals surface area contributed by atoms with Gasteiger partial charge in [0.25, 0.3) is 11.8 Å². The minimum absolute atomic E-state index is 0.126. The van der Waals surface area contributed by atoms with E-state index in [1.807, 2.05) is 0 Å². The van der Waals surface area contributed by atoms with Crippen LogP contribution in [0.25, 0.3) is 16.7 Å². The first kappa shape index (κ1) is 25.2. The van der Waals surface area contributed by atoms with Gasteiger partial charge in [-0.15, -0.1) is 0 Å². The highest BCUT2D eigenvalue weighted by Gasteiger charge is 2.59. The molecule has 6 rings (SSSR count). The number of oxazole rings is 1. The van der Waals surface area contributed by atoms with Gasteiger partial charge in [-0.3, -0.25) is 9.59 Å². The number of aromatic nitrogens is 1. The van der Waals surface area contributed by atoms with Gasteiger partial charge < -0.3 is 19.4 Å². The number of carbonyl (C=O) groups excluding carboxylic acids is 2. The van der Waals surface area contributed by atoms with Crippen LogP contribution in [0.3, 0.4) is 0 Å². The number of para-hydroxylation sites is 1. The lowest BCUT2D eigenvalue weighted by atomic mass is 9.88. The fourth-order valence-corrected chi connectivity index (χ4v) is 5.58. The Kier molecular flexibility index (Phi) is 6.21. The number of rotatable bonds is 4. The number of hydrogen-bond donors (Lipinski definition) is 2. The number of likely N-dealkylation sites (tertiary alicyclic amines) is 1. The van der Waals surface area contributed by atoms with Crippen LogP contribution in [0.15, 0.2) is 58.6 Å². The molecule has 2 saturated heterocycles.